The summed E-state index contributed by atoms with van der Waals surface area (Å²) in [6.07, 6.45) is -2.71. The molecule has 1 fully saturated rings. The van der Waals surface area contributed by atoms with E-state index >= 15 is 0 Å². The molecule has 4 heterocycles. The number of anilines is 1. The van der Waals surface area contributed by atoms with E-state index in [-0.39, 0.29) is 36.4 Å². The van der Waals surface area contributed by atoms with Crippen LogP contribution in [-0.2, 0) is 33.6 Å². The molecule has 46 heavy (non-hydrogen) atoms. The summed E-state index contributed by atoms with van der Waals surface area (Å²) in [5.41, 5.74) is 3.78. The van der Waals surface area contributed by atoms with Crippen molar-refractivity contribution in [1.82, 2.24) is 0 Å². The van der Waals surface area contributed by atoms with Gasteiger partial charge >= 0.3 is 5.97 Å². The molecule has 0 bridgehead atoms. The summed E-state index contributed by atoms with van der Waals surface area (Å²) in [6, 6.07) is 4.84. The van der Waals surface area contributed by atoms with Crippen LogP contribution in [0, 0.1) is 0 Å². The van der Waals surface area contributed by atoms with Crippen molar-refractivity contribution >= 4 is 35.1 Å². The molecular weight excluding hydrogens is 602 g/mol. The number of rotatable bonds is 7. The van der Waals surface area contributed by atoms with Gasteiger partial charge < -0.3 is 45.2 Å². The number of carboxylic acids is 1. The molecule has 2 aromatic carbocycles. The third-order valence-electron chi connectivity index (χ3n) is 9.00. The predicted molar refractivity (Wildman–Crippen MR) is 163 cm³/mol. The van der Waals surface area contributed by atoms with Gasteiger partial charge in [0.25, 0.3) is 5.91 Å². The van der Waals surface area contributed by atoms with Crippen molar-refractivity contribution in [2.75, 3.05) is 18.2 Å². The standard InChI is InChI=1S/C32H35N3O11/c1-2-19-20(34-14-33-19)10-16-9-15(3-5-22(16)37)4-6-25(39)35-21(31(43)44)11-17-12-23(38)29-18(26(17)35)7-8-32(46-29)30(42)28(41)27(40)24(13-36)45-32/h3-6,9,12,21,24,27-28,30,36-38,40-42H,2,7-8,10-11,13-14H2,1H3,(H,43,44)/t21-,24-,27-,28+,30-,32+/m1/s1. The Morgan fingerprint density at radius 2 is 1.85 bits per heavy atom. The number of aliphatic imine (C=N–C) groups is 2. The lowest BCUT2D eigenvalue weighted by Gasteiger charge is -2.50. The van der Waals surface area contributed by atoms with Gasteiger partial charge in [0.15, 0.2) is 11.5 Å². The number of carboxylic acid groups (broad SMARTS) is 1. The smallest absolute Gasteiger partial charge is 0.327 e. The number of phenolic OH excluding ortho intramolecular Hbond substituents is 2. The number of amides is 1. The van der Waals surface area contributed by atoms with Crippen LogP contribution in [0.25, 0.3) is 6.08 Å². The lowest BCUT2D eigenvalue weighted by Crippen LogP contribution is -2.68. The van der Waals surface area contributed by atoms with Crippen LogP contribution in [0.4, 0.5) is 5.69 Å². The third kappa shape index (κ3) is 5.31. The van der Waals surface area contributed by atoms with Crippen molar-refractivity contribution in [2.24, 2.45) is 9.98 Å². The molecule has 0 aromatic heterocycles. The molecule has 0 aliphatic carbocycles. The first-order chi connectivity index (χ1) is 22.0. The highest BCUT2D eigenvalue weighted by atomic mass is 16.7. The number of benzene rings is 2. The van der Waals surface area contributed by atoms with E-state index in [0.717, 1.165) is 16.3 Å². The maximum Gasteiger partial charge on any atom is 0.327 e. The van der Waals surface area contributed by atoms with Gasteiger partial charge in [0.1, 0.15) is 42.9 Å². The molecule has 14 nitrogen and oxygen atoms in total. The van der Waals surface area contributed by atoms with Crippen molar-refractivity contribution in [3.63, 3.8) is 0 Å². The van der Waals surface area contributed by atoms with Crippen LogP contribution < -0.4 is 9.64 Å². The minimum absolute atomic E-state index is 0.0260. The fraction of sp³-hybridized carbons (Fsp3) is 0.438. The predicted octanol–water partition coefficient (Wildman–Crippen LogP) is 0.454. The van der Waals surface area contributed by atoms with Crippen molar-refractivity contribution in [3.8, 4) is 17.2 Å². The van der Waals surface area contributed by atoms with Crippen LogP contribution in [0.5, 0.6) is 17.2 Å². The Labute approximate surface area is 263 Å². The fourth-order valence-electron chi connectivity index (χ4n) is 6.64. The largest absolute Gasteiger partial charge is 0.508 e. The zero-order valence-electron chi connectivity index (χ0n) is 24.9. The lowest BCUT2D eigenvalue weighted by atomic mass is 9.86. The van der Waals surface area contributed by atoms with Gasteiger partial charge in [0.05, 0.1) is 23.7 Å². The normalized spacial score (nSPS) is 28.5. The van der Waals surface area contributed by atoms with Crippen LogP contribution >= 0.6 is 0 Å². The topological polar surface area (TPSA) is 222 Å². The Morgan fingerprint density at radius 3 is 2.57 bits per heavy atom. The average Bonchev–Trinajstić information content (AvgIpc) is 3.66. The molecule has 0 saturated carbocycles. The summed E-state index contributed by atoms with van der Waals surface area (Å²) < 4.78 is 11.7. The van der Waals surface area contributed by atoms with E-state index < -0.39 is 60.5 Å². The fourth-order valence-corrected chi connectivity index (χ4v) is 6.64. The number of hydrogen-bond donors (Lipinski definition) is 7. The molecule has 6 rings (SSSR count). The molecule has 14 heteroatoms. The van der Waals surface area contributed by atoms with Crippen molar-refractivity contribution in [3.05, 3.63) is 52.6 Å². The quantitative estimate of drug-likeness (QED) is 0.207. The zero-order chi connectivity index (χ0) is 32.9. The van der Waals surface area contributed by atoms with Gasteiger partial charge in [0.2, 0.25) is 5.79 Å². The molecule has 0 unspecified atom stereocenters. The molecule has 6 atom stereocenters. The summed E-state index contributed by atoms with van der Waals surface area (Å²) in [6.45, 7) is 1.65. The molecule has 1 amide bonds. The summed E-state index contributed by atoms with van der Waals surface area (Å²) in [5, 5.41) is 72.6. The van der Waals surface area contributed by atoms with Gasteiger partial charge in [-0.15, -0.1) is 0 Å². The summed E-state index contributed by atoms with van der Waals surface area (Å²) in [5.74, 6) is -4.34. The maximum absolute atomic E-state index is 13.7. The van der Waals surface area contributed by atoms with Crippen molar-refractivity contribution in [2.45, 2.75) is 75.3 Å². The Bertz CT molecular complexity index is 1670. The SMILES string of the molecule is CCC1=NCN=C1Cc1cc(C=CC(=O)N2c3c(cc(O)c4c3CC[C@@]3(O4)O[C@H](CO)[C@@H](O)[C@H](O)[C@H]3O)C[C@@H]2C(=O)O)ccc1O. The Kier molecular flexibility index (Phi) is 8.33. The molecule has 4 aliphatic rings. The first-order valence-electron chi connectivity index (χ1n) is 15.0. The molecule has 7 N–H and O–H groups in total. The monoisotopic (exact) mass is 637 g/mol. The van der Waals surface area contributed by atoms with Crippen LogP contribution in [0.3, 0.4) is 0 Å². The highest BCUT2D eigenvalue weighted by Gasteiger charge is 2.57. The van der Waals surface area contributed by atoms with E-state index in [1.807, 2.05) is 6.92 Å². The zero-order valence-corrected chi connectivity index (χ0v) is 24.9. The number of aliphatic hydroxyl groups is 4. The average molecular weight is 638 g/mol. The van der Waals surface area contributed by atoms with E-state index in [0.29, 0.717) is 41.8 Å². The van der Waals surface area contributed by atoms with Gasteiger partial charge in [-0.1, -0.05) is 13.0 Å². The number of aliphatic carboxylic acids is 1. The summed E-state index contributed by atoms with van der Waals surface area (Å²) in [7, 11) is 0. The lowest BCUT2D eigenvalue weighted by molar-refractivity contribution is -0.342. The second-order valence-corrected chi connectivity index (χ2v) is 11.8. The highest BCUT2D eigenvalue weighted by molar-refractivity contribution is 6.43. The number of aliphatic hydroxyl groups excluding tert-OH is 4. The Morgan fingerprint density at radius 1 is 1.09 bits per heavy atom. The van der Waals surface area contributed by atoms with Crippen LogP contribution in [0.2, 0.25) is 0 Å². The second kappa shape index (κ2) is 12.1. The number of nitrogens with zero attached hydrogens (tertiary/aromatic N) is 3. The van der Waals surface area contributed by atoms with Gasteiger partial charge in [-0.3, -0.25) is 19.7 Å². The Balaban J connectivity index is 1.31. The number of carbonyl (C=O) groups is 2. The first-order valence-corrected chi connectivity index (χ1v) is 15.0. The molecule has 244 valence electrons. The minimum Gasteiger partial charge on any atom is -0.508 e. The van der Waals surface area contributed by atoms with E-state index in [1.54, 1.807) is 12.1 Å². The summed E-state index contributed by atoms with van der Waals surface area (Å²) >= 11 is 0. The van der Waals surface area contributed by atoms with Gasteiger partial charge in [0, 0.05) is 36.5 Å². The van der Waals surface area contributed by atoms with Crippen LogP contribution in [0.1, 0.15) is 42.0 Å². The summed E-state index contributed by atoms with van der Waals surface area (Å²) in [4.78, 5) is 35.9. The number of aromatic hydroxyl groups is 2. The van der Waals surface area contributed by atoms with Gasteiger partial charge in [-0.2, -0.15) is 0 Å². The minimum atomic E-state index is -1.94. The van der Waals surface area contributed by atoms with E-state index in [4.69, 9.17) is 9.47 Å². The molecule has 1 saturated heterocycles. The van der Waals surface area contributed by atoms with Crippen molar-refractivity contribution in [1.29, 1.82) is 0 Å². The molecule has 0 radical (unpaired) electrons. The molecule has 4 aliphatic heterocycles. The maximum atomic E-state index is 13.7. The number of ether oxygens (including phenoxy) is 2. The molecule has 2 aromatic rings. The van der Waals surface area contributed by atoms with E-state index in [1.165, 1.54) is 24.3 Å². The van der Waals surface area contributed by atoms with Gasteiger partial charge in [-0.05, 0) is 48.2 Å². The number of carbonyl (C=O) groups excluding carboxylic acids is 1. The molecule has 1 spiro atoms. The van der Waals surface area contributed by atoms with Crippen molar-refractivity contribution < 1.29 is 54.8 Å². The third-order valence-corrected chi connectivity index (χ3v) is 9.00. The Hall–Kier alpha value is -4.34. The van der Waals surface area contributed by atoms with Gasteiger partial charge in [-0.25, -0.2) is 4.79 Å². The highest BCUT2D eigenvalue weighted by Crippen LogP contribution is 2.51. The number of hydrogen-bond acceptors (Lipinski definition) is 12. The molecular formula is C32H35N3O11. The number of fused-ring (bicyclic) bond motifs is 3. The second-order valence-electron chi connectivity index (χ2n) is 11.8. The van der Waals surface area contributed by atoms with Crippen LogP contribution in [0.15, 0.2) is 40.3 Å². The first kappa shape index (κ1) is 31.6. The van der Waals surface area contributed by atoms with E-state index in [2.05, 4.69) is 9.98 Å². The van der Waals surface area contributed by atoms with E-state index in [9.17, 15) is 45.3 Å². The number of phenols is 2. The van der Waals surface area contributed by atoms with Crippen LogP contribution in [-0.4, -0.2) is 109 Å².